The number of hydrogen-bond acceptors (Lipinski definition) is 5. The number of carbonyl (C=O) groups is 1. The van der Waals surface area contributed by atoms with Crippen LogP contribution >= 0.6 is 0 Å². The van der Waals surface area contributed by atoms with E-state index in [1.807, 2.05) is 31.2 Å². The number of carbonyl (C=O) groups excluding carboxylic acids is 1. The molecular weight excluding hydrogens is 378 g/mol. The number of rotatable bonds is 7. The van der Waals surface area contributed by atoms with E-state index in [0.29, 0.717) is 25.3 Å². The summed E-state index contributed by atoms with van der Waals surface area (Å²) in [7, 11) is -3.75. The monoisotopic (exact) mass is 403 g/mol. The zero-order valence-electron chi connectivity index (χ0n) is 15.9. The second kappa shape index (κ2) is 9.21. The Morgan fingerprint density at radius 2 is 1.79 bits per heavy atom. The molecule has 28 heavy (non-hydrogen) atoms. The molecule has 0 N–H and O–H groups in total. The maximum absolute atomic E-state index is 13.0. The summed E-state index contributed by atoms with van der Waals surface area (Å²) in [4.78, 5) is 13.0. The molecule has 1 atom stereocenters. The van der Waals surface area contributed by atoms with Gasteiger partial charge in [0.05, 0.1) is 11.5 Å². The molecule has 0 saturated carbocycles. The average Bonchev–Trinajstić information content (AvgIpc) is 2.74. The third kappa shape index (κ3) is 4.54. The maximum atomic E-state index is 13.0. The van der Waals surface area contributed by atoms with Crippen molar-refractivity contribution >= 4 is 16.0 Å². The Morgan fingerprint density at radius 1 is 1.07 bits per heavy atom. The summed E-state index contributed by atoms with van der Waals surface area (Å²) in [6.07, 6.45) is 1.97. The normalized spacial score (nSPS) is 17.8. The molecule has 2 aromatic carbocycles. The average molecular weight is 404 g/mol. The van der Waals surface area contributed by atoms with Gasteiger partial charge in [-0.15, -0.1) is 0 Å². The van der Waals surface area contributed by atoms with Crippen LogP contribution in [0.3, 0.4) is 0 Å². The second-order valence-corrected chi connectivity index (χ2v) is 8.48. The number of nitrogens with zero attached hydrogens (tertiary/aromatic N) is 1. The van der Waals surface area contributed by atoms with Gasteiger partial charge in [-0.1, -0.05) is 36.4 Å². The predicted octanol–water partition coefficient (Wildman–Crippen LogP) is 3.37. The molecule has 150 valence electrons. The molecule has 0 radical (unpaired) electrons. The Labute approximate surface area is 166 Å². The van der Waals surface area contributed by atoms with Crippen LogP contribution in [-0.4, -0.2) is 37.9 Å². The Kier molecular flexibility index (Phi) is 6.70. The molecule has 1 aliphatic rings. The van der Waals surface area contributed by atoms with Crippen molar-refractivity contribution < 1.29 is 22.7 Å². The SMILES string of the molecule is CCOc1ccccc1COC(=O)[C@H]1CCCCN1S(=O)(=O)c1ccccc1. The highest BCUT2D eigenvalue weighted by Gasteiger charge is 2.38. The lowest BCUT2D eigenvalue weighted by molar-refractivity contribution is -0.150. The van der Waals surface area contributed by atoms with Crippen LogP contribution in [0.5, 0.6) is 5.75 Å². The zero-order valence-corrected chi connectivity index (χ0v) is 16.7. The Hall–Kier alpha value is -2.38. The van der Waals surface area contributed by atoms with Crippen LogP contribution in [0.25, 0.3) is 0 Å². The minimum Gasteiger partial charge on any atom is -0.493 e. The van der Waals surface area contributed by atoms with Gasteiger partial charge in [-0.05, 0) is 44.4 Å². The fourth-order valence-electron chi connectivity index (χ4n) is 3.32. The molecule has 1 fully saturated rings. The molecule has 0 bridgehead atoms. The Bertz CT molecular complexity index is 898. The van der Waals surface area contributed by atoms with Crippen molar-refractivity contribution in [3.8, 4) is 5.75 Å². The molecule has 0 spiro atoms. The molecule has 0 aromatic heterocycles. The van der Waals surface area contributed by atoms with Crippen LogP contribution < -0.4 is 4.74 Å². The van der Waals surface area contributed by atoms with Crippen LogP contribution in [-0.2, 0) is 26.2 Å². The molecule has 1 saturated heterocycles. The van der Waals surface area contributed by atoms with Gasteiger partial charge in [0.1, 0.15) is 18.4 Å². The van der Waals surface area contributed by atoms with Crippen LogP contribution in [0.4, 0.5) is 0 Å². The van der Waals surface area contributed by atoms with Crippen molar-refractivity contribution in [2.24, 2.45) is 0 Å². The van der Waals surface area contributed by atoms with Gasteiger partial charge in [0.2, 0.25) is 10.0 Å². The van der Waals surface area contributed by atoms with Gasteiger partial charge in [-0.3, -0.25) is 4.79 Å². The maximum Gasteiger partial charge on any atom is 0.324 e. The summed E-state index contributed by atoms with van der Waals surface area (Å²) < 4.78 is 38.3. The summed E-state index contributed by atoms with van der Waals surface area (Å²) in [5.41, 5.74) is 0.756. The van der Waals surface area contributed by atoms with Crippen molar-refractivity contribution in [3.05, 3.63) is 60.2 Å². The number of piperidine rings is 1. The minimum atomic E-state index is -3.75. The molecular formula is C21H25NO5S. The van der Waals surface area contributed by atoms with E-state index in [1.54, 1.807) is 30.3 Å². The quantitative estimate of drug-likeness (QED) is 0.663. The number of hydrogen-bond donors (Lipinski definition) is 0. The first kappa shape index (κ1) is 20.4. The Balaban J connectivity index is 1.75. The van der Waals surface area contributed by atoms with E-state index in [2.05, 4.69) is 0 Å². The van der Waals surface area contributed by atoms with Gasteiger partial charge in [0.25, 0.3) is 0 Å². The van der Waals surface area contributed by atoms with Gasteiger partial charge in [-0.2, -0.15) is 4.31 Å². The third-order valence-corrected chi connectivity index (χ3v) is 6.64. The zero-order chi connectivity index (χ0) is 20.0. The summed E-state index contributed by atoms with van der Waals surface area (Å²) in [6, 6.07) is 14.7. The first-order valence-electron chi connectivity index (χ1n) is 9.48. The first-order valence-corrected chi connectivity index (χ1v) is 10.9. The van der Waals surface area contributed by atoms with E-state index >= 15 is 0 Å². The van der Waals surface area contributed by atoms with Crippen LogP contribution in [0.2, 0.25) is 0 Å². The largest absolute Gasteiger partial charge is 0.493 e. The standard InChI is InChI=1S/C21H25NO5S/c1-2-26-20-14-7-6-10-17(20)16-27-21(23)19-13-8-9-15-22(19)28(24,25)18-11-4-3-5-12-18/h3-7,10-12,14,19H,2,8-9,13,15-16H2,1H3/t19-/m1/s1. The number of sulfonamides is 1. The summed E-state index contributed by atoms with van der Waals surface area (Å²) in [5.74, 6) is 0.140. The minimum absolute atomic E-state index is 0.0464. The summed E-state index contributed by atoms with van der Waals surface area (Å²) >= 11 is 0. The fourth-order valence-corrected chi connectivity index (χ4v) is 4.99. The molecule has 1 aliphatic heterocycles. The molecule has 1 heterocycles. The highest BCUT2D eigenvalue weighted by molar-refractivity contribution is 7.89. The fraction of sp³-hybridized carbons (Fsp3) is 0.381. The molecule has 2 aromatic rings. The molecule has 0 amide bonds. The van der Waals surface area contributed by atoms with Crippen molar-refractivity contribution in [1.29, 1.82) is 0 Å². The summed E-state index contributed by atoms with van der Waals surface area (Å²) in [6.45, 7) is 2.76. The van der Waals surface area contributed by atoms with Gasteiger partial charge < -0.3 is 9.47 Å². The number of esters is 1. The number of ether oxygens (including phenoxy) is 2. The second-order valence-electron chi connectivity index (χ2n) is 6.59. The van der Waals surface area contributed by atoms with E-state index in [4.69, 9.17) is 9.47 Å². The van der Waals surface area contributed by atoms with Crippen LogP contribution in [0.1, 0.15) is 31.7 Å². The molecule has 0 aliphatic carbocycles. The number of para-hydroxylation sites is 1. The van der Waals surface area contributed by atoms with Gasteiger partial charge >= 0.3 is 5.97 Å². The van der Waals surface area contributed by atoms with E-state index in [0.717, 1.165) is 18.4 Å². The number of benzene rings is 2. The smallest absolute Gasteiger partial charge is 0.324 e. The predicted molar refractivity (Wildman–Crippen MR) is 105 cm³/mol. The lowest BCUT2D eigenvalue weighted by atomic mass is 10.1. The van der Waals surface area contributed by atoms with Gasteiger partial charge in [-0.25, -0.2) is 8.42 Å². The summed E-state index contributed by atoms with van der Waals surface area (Å²) in [5, 5.41) is 0. The van der Waals surface area contributed by atoms with Crippen LogP contribution in [0, 0.1) is 0 Å². The highest BCUT2D eigenvalue weighted by Crippen LogP contribution is 2.27. The van der Waals surface area contributed by atoms with E-state index < -0.39 is 22.0 Å². The lowest BCUT2D eigenvalue weighted by Gasteiger charge is -2.33. The van der Waals surface area contributed by atoms with E-state index in [9.17, 15) is 13.2 Å². The van der Waals surface area contributed by atoms with E-state index in [-0.39, 0.29) is 11.5 Å². The molecule has 0 unspecified atom stereocenters. The topological polar surface area (TPSA) is 72.9 Å². The van der Waals surface area contributed by atoms with Crippen molar-refractivity contribution in [2.75, 3.05) is 13.2 Å². The van der Waals surface area contributed by atoms with Gasteiger partial charge in [0, 0.05) is 12.1 Å². The third-order valence-electron chi connectivity index (χ3n) is 4.72. The van der Waals surface area contributed by atoms with Crippen LogP contribution in [0.15, 0.2) is 59.5 Å². The van der Waals surface area contributed by atoms with Crippen molar-refractivity contribution in [1.82, 2.24) is 4.31 Å². The molecule has 7 heteroatoms. The highest BCUT2D eigenvalue weighted by atomic mass is 32.2. The first-order chi connectivity index (χ1) is 13.5. The lowest BCUT2D eigenvalue weighted by Crippen LogP contribution is -2.48. The van der Waals surface area contributed by atoms with E-state index in [1.165, 1.54) is 4.31 Å². The van der Waals surface area contributed by atoms with Crippen molar-refractivity contribution in [2.45, 2.75) is 43.7 Å². The Morgan fingerprint density at radius 3 is 2.54 bits per heavy atom. The van der Waals surface area contributed by atoms with Crippen molar-refractivity contribution in [3.63, 3.8) is 0 Å². The molecule has 6 nitrogen and oxygen atoms in total. The van der Waals surface area contributed by atoms with Gasteiger partial charge in [0.15, 0.2) is 0 Å². The molecule has 3 rings (SSSR count).